The predicted molar refractivity (Wildman–Crippen MR) is 70.3 cm³/mol. The predicted octanol–water partition coefficient (Wildman–Crippen LogP) is 1.79. The van der Waals surface area contributed by atoms with Gasteiger partial charge in [-0.25, -0.2) is 8.42 Å². The van der Waals surface area contributed by atoms with Gasteiger partial charge in [0.15, 0.2) is 9.84 Å². The quantitative estimate of drug-likeness (QED) is 0.770. The van der Waals surface area contributed by atoms with Crippen LogP contribution < -0.4 is 0 Å². The maximum absolute atomic E-state index is 11.3. The average molecular weight is 290 g/mol. The van der Waals surface area contributed by atoms with Gasteiger partial charge in [-0.3, -0.25) is 0 Å². The molecule has 0 aliphatic carbocycles. The van der Waals surface area contributed by atoms with Crippen molar-refractivity contribution in [1.82, 2.24) is 10.2 Å². The highest BCUT2D eigenvalue weighted by Crippen LogP contribution is 2.24. The lowest BCUT2D eigenvalue weighted by molar-refractivity contribution is 0.389. The fourth-order valence-electron chi connectivity index (χ4n) is 1.90. The zero-order valence-corrected chi connectivity index (χ0v) is 12.3. The number of rotatable bonds is 5. The van der Waals surface area contributed by atoms with Crippen molar-refractivity contribution in [3.8, 4) is 0 Å². The van der Waals surface area contributed by atoms with Gasteiger partial charge in [0.2, 0.25) is 5.89 Å². The molecule has 0 radical (unpaired) electrons. The van der Waals surface area contributed by atoms with Gasteiger partial charge in [0.1, 0.15) is 0 Å². The molecule has 1 fully saturated rings. The third-order valence-corrected chi connectivity index (χ3v) is 5.86. The van der Waals surface area contributed by atoms with Crippen LogP contribution in [0.15, 0.2) is 9.64 Å². The lowest BCUT2D eigenvalue weighted by atomic mass is 10.1. The first-order valence-corrected chi connectivity index (χ1v) is 8.91. The molecule has 18 heavy (non-hydrogen) atoms. The van der Waals surface area contributed by atoms with Crippen LogP contribution in [0.1, 0.15) is 26.2 Å². The van der Waals surface area contributed by atoms with Crippen LogP contribution in [0.4, 0.5) is 0 Å². The van der Waals surface area contributed by atoms with Crippen molar-refractivity contribution in [3.63, 3.8) is 0 Å². The summed E-state index contributed by atoms with van der Waals surface area (Å²) in [5, 5.41) is 8.52. The third kappa shape index (κ3) is 3.98. The van der Waals surface area contributed by atoms with E-state index in [1.807, 2.05) is 0 Å². The molecule has 2 rings (SSSR count). The Kier molecular flexibility index (Phi) is 4.32. The number of nitrogens with zero attached hydrogens (tertiary/aromatic N) is 2. The Labute approximate surface area is 112 Å². The summed E-state index contributed by atoms with van der Waals surface area (Å²) in [5.41, 5.74) is 0. The van der Waals surface area contributed by atoms with Crippen LogP contribution in [0, 0.1) is 11.8 Å². The first kappa shape index (κ1) is 13.9. The molecule has 1 atom stereocenters. The van der Waals surface area contributed by atoms with Crippen molar-refractivity contribution in [2.45, 2.75) is 31.9 Å². The minimum atomic E-state index is -2.83. The van der Waals surface area contributed by atoms with Gasteiger partial charge >= 0.3 is 0 Å². The normalized spacial score (nSPS) is 22.7. The van der Waals surface area contributed by atoms with E-state index < -0.39 is 9.84 Å². The Morgan fingerprint density at radius 1 is 1.44 bits per heavy atom. The first-order valence-electron chi connectivity index (χ1n) is 6.10. The minimum absolute atomic E-state index is 0.137. The van der Waals surface area contributed by atoms with E-state index in [1.165, 1.54) is 0 Å². The Balaban J connectivity index is 1.87. The molecule has 1 aromatic heterocycles. The van der Waals surface area contributed by atoms with Gasteiger partial charge in [-0.05, 0) is 18.3 Å². The summed E-state index contributed by atoms with van der Waals surface area (Å²) in [6.07, 6.45) is 1.29. The topological polar surface area (TPSA) is 73.1 Å². The monoisotopic (exact) mass is 290 g/mol. The van der Waals surface area contributed by atoms with E-state index in [2.05, 4.69) is 24.0 Å². The Bertz CT molecular complexity index is 496. The molecule has 1 saturated heterocycles. The molecular weight excluding hydrogens is 272 g/mol. The summed E-state index contributed by atoms with van der Waals surface area (Å²) >= 11 is 1.55. The lowest BCUT2D eigenvalue weighted by Crippen LogP contribution is -2.07. The van der Waals surface area contributed by atoms with Crippen LogP contribution in [0.2, 0.25) is 0 Å². The van der Waals surface area contributed by atoms with E-state index in [9.17, 15) is 8.42 Å². The summed E-state index contributed by atoms with van der Waals surface area (Å²) in [4.78, 5) is 0. The van der Waals surface area contributed by atoms with Crippen LogP contribution in [-0.4, -0.2) is 35.9 Å². The summed E-state index contributed by atoms with van der Waals surface area (Å²) in [5.74, 6) is 2.76. The molecule has 0 bridgehead atoms. The lowest BCUT2D eigenvalue weighted by Gasteiger charge is -2.02. The van der Waals surface area contributed by atoms with Gasteiger partial charge < -0.3 is 4.42 Å². The zero-order valence-electron chi connectivity index (χ0n) is 10.6. The number of sulfone groups is 1. The van der Waals surface area contributed by atoms with E-state index in [0.29, 0.717) is 35.6 Å². The zero-order chi connectivity index (χ0) is 13.2. The van der Waals surface area contributed by atoms with Crippen LogP contribution in [0.3, 0.4) is 0 Å². The maximum Gasteiger partial charge on any atom is 0.276 e. The summed E-state index contributed by atoms with van der Waals surface area (Å²) < 4.78 is 28.2. The molecule has 7 heteroatoms. The average Bonchev–Trinajstić information content (AvgIpc) is 2.83. The van der Waals surface area contributed by atoms with E-state index >= 15 is 0 Å². The summed E-state index contributed by atoms with van der Waals surface area (Å²) in [6, 6.07) is 0. The molecule has 0 amide bonds. The molecule has 2 heterocycles. The van der Waals surface area contributed by atoms with Crippen molar-refractivity contribution in [3.05, 3.63) is 5.89 Å². The Morgan fingerprint density at radius 3 is 2.83 bits per heavy atom. The third-order valence-electron chi connectivity index (χ3n) is 2.78. The molecule has 1 aliphatic heterocycles. The second-order valence-electron chi connectivity index (χ2n) is 5.14. The second-order valence-corrected chi connectivity index (χ2v) is 8.34. The molecule has 0 unspecified atom stereocenters. The Hall–Kier alpha value is -0.560. The summed E-state index contributed by atoms with van der Waals surface area (Å²) in [6.45, 7) is 4.27. The fourth-order valence-corrected chi connectivity index (χ4v) is 4.49. The van der Waals surface area contributed by atoms with Crippen molar-refractivity contribution in [1.29, 1.82) is 0 Å². The molecule has 0 spiro atoms. The molecular formula is C11H18N2O3S2. The number of hydrogen-bond donors (Lipinski definition) is 0. The van der Waals surface area contributed by atoms with E-state index in [4.69, 9.17) is 4.42 Å². The van der Waals surface area contributed by atoms with Gasteiger partial charge in [0, 0.05) is 12.2 Å². The summed E-state index contributed by atoms with van der Waals surface area (Å²) in [7, 11) is -2.83. The first-order chi connectivity index (χ1) is 8.44. The van der Waals surface area contributed by atoms with Gasteiger partial charge in [0.05, 0.1) is 11.5 Å². The largest absolute Gasteiger partial charge is 0.416 e. The van der Waals surface area contributed by atoms with E-state index in [-0.39, 0.29) is 11.7 Å². The number of aromatic nitrogens is 2. The molecule has 5 nitrogen and oxygen atoms in total. The number of hydrogen-bond acceptors (Lipinski definition) is 6. The Morgan fingerprint density at radius 2 is 2.22 bits per heavy atom. The molecule has 1 aliphatic rings. The minimum Gasteiger partial charge on any atom is -0.416 e. The molecule has 0 saturated carbocycles. The van der Waals surface area contributed by atoms with E-state index in [0.717, 1.165) is 5.75 Å². The van der Waals surface area contributed by atoms with Crippen LogP contribution in [-0.2, 0) is 16.3 Å². The standard InChI is InChI=1S/C11H18N2O3S2/c1-8(2)6-17-11-13-12-10(16-11)5-9-3-4-18(14,15)7-9/h8-9H,3-7H2,1-2H3/t9-/m0/s1. The highest BCUT2D eigenvalue weighted by atomic mass is 32.2. The van der Waals surface area contributed by atoms with Gasteiger partial charge in [0.25, 0.3) is 5.22 Å². The molecule has 1 aromatic rings. The van der Waals surface area contributed by atoms with Gasteiger partial charge in [-0.15, -0.1) is 10.2 Å². The second kappa shape index (κ2) is 5.61. The maximum atomic E-state index is 11.3. The van der Waals surface area contributed by atoms with Crippen molar-refractivity contribution >= 4 is 21.6 Å². The molecule has 0 N–H and O–H groups in total. The highest BCUT2D eigenvalue weighted by molar-refractivity contribution is 7.99. The van der Waals surface area contributed by atoms with Crippen LogP contribution in [0.5, 0.6) is 0 Å². The van der Waals surface area contributed by atoms with E-state index in [1.54, 1.807) is 11.8 Å². The highest BCUT2D eigenvalue weighted by Gasteiger charge is 2.29. The van der Waals surface area contributed by atoms with Crippen molar-refractivity contribution in [2.75, 3.05) is 17.3 Å². The fraction of sp³-hybridized carbons (Fsp3) is 0.818. The molecule has 102 valence electrons. The molecule has 0 aromatic carbocycles. The van der Waals surface area contributed by atoms with Gasteiger partial charge in [-0.2, -0.15) is 0 Å². The SMILES string of the molecule is CC(C)CSc1nnc(C[C@@H]2CCS(=O)(=O)C2)o1. The van der Waals surface area contributed by atoms with Gasteiger partial charge in [-0.1, -0.05) is 25.6 Å². The van der Waals surface area contributed by atoms with Crippen molar-refractivity contribution in [2.24, 2.45) is 11.8 Å². The van der Waals surface area contributed by atoms with Crippen molar-refractivity contribution < 1.29 is 12.8 Å². The van der Waals surface area contributed by atoms with Crippen LogP contribution >= 0.6 is 11.8 Å². The van der Waals surface area contributed by atoms with Crippen LogP contribution in [0.25, 0.3) is 0 Å². The smallest absolute Gasteiger partial charge is 0.276 e. The number of thioether (sulfide) groups is 1.